The fourth-order valence-electron chi connectivity index (χ4n) is 1.05. The van der Waals surface area contributed by atoms with Gasteiger partial charge in [0.1, 0.15) is 6.04 Å². The fourth-order valence-corrected chi connectivity index (χ4v) is 1.05. The highest BCUT2D eigenvalue weighted by Gasteiger charge is 2.24. The van der Waals surface area contributed by atoms with E-state index in [9.17, 15) is 9.59 Å². The molecular weight excluding hydrogens is 170 g/mol. The largest absolute Gasteiger partial charge is 0.467 e. The molecule has 0 aliphatic carbocycles. The number of hydrogen-bond acceptors (Lipinski definition) is 3. The van der Waals surface area contributed by atoms with Gasteiger partial charge in [-0.05, 0) is 11.8 Å². The van der Waals surface area contributed by atoms with Crippen molar-refractivity contribution in [3.05, 3.63) is 0 Å². The van der Waals surface area contributed by atoms with E-state index in [1.807, 2.05) is 20.8 Å². The number of nitrogens with one attached hydrogen (secondary N) is 1. The van der Waals surface area contributed by atoms with Crippen LogP contribution in [0.2, 0.25) is 0 Å². The summed E-state index contributed by atoms with van der Waals surface area (Å²) in [6, 6.07) is -0.539. The molecule has 0 heterocycles. The summed E-state index contributed by atoms with van der Waals surface area (Å²) in [4.78, 5) is 21.3. The van der Waals surface area contributed by atoms with Gasteiger partial charge in [-0.15, -0.1) is 0 Å². The summed E-state index contributed by atoms with van der Waals surface area (Å²) >= 11 is 0. The molecule has 1 atom stereocenters. The second-order valence-corrected chi connectivity index (χ2v) is 4.13. The molecule has 0 fully saturated rings. The van der Waals surface area contributed by atoms with Gasteiger partial charge in [0, 0.05) is 0 Å². The average Bonchev–Trinajstić information content (AvgIpc) is 2.00. The maximum absolute atomic E-state index is 11.1. The Bertz CT molecular complexity index is 184. The van der Waals surface area contributed by atoms with Crippen LogP contribution in [-0.2, 0) is 14.3 Å². The number of ether oxygens (including phenoxy) is 1. The summed E-state index contributed by atoms with van der Waals surface area (Å²) < 4.78 is 4.55. The number of rotatable bonds is 4. The molecule has 0 radical (unpaired) electrons. The van der Waals surface area contributed by atoms with E-state index in [0.29, 0.717) is 12.8 Å². The van der Waals surface area contributed by atoms with Crippen LogP contribution in [0.25, 0.3) is 0 Å². The van der Waals surface area contributed by atoms with Crippen molar-refractivity contribution in [1.82, 2.24) is 5.32 Å². The summed E-state index contributed by atoms with van der Waals surface area (Å²) in [6.07, 6.45) is 1.09. The van der Waals surface area contributed by atoms with Crippen LogP contribution in [0.1, 0.15) is 27.2 Å². The van der Waals surface area contributed by atoms with Gasteiger partial charge in [0.15, 0.2) is 0 Å². The first-order valence-corrected chi connectivity index (χ1v) is 4.18. The molecule has 4 nitrogen and oxygen atoms in total. The van der Waals surface area contributed by atoms with Gasteiger partial charge in [0.05, 0.1) is 7.11 Å². The molecule has 0 spiro atoms. The van der Waals surface area contributed by atoms with Crippen LogP contribution in [0, 0.1) is 5.41 Å². The van der Waals surface area contributed by atoms with Crippen molar-refractivity contribution in [1.29, 1.82) is 0 Å². The Morgan fingerprint density at radius 3 is 2.38 bits per heavy atom. The lowest BCUT2D eigenvalue weighted by atomic mass is 9.88. The number of hydrogen-bond donors (Lipinski definition) is 1. The minimum Gasteiger partial charge on any atom is -0.467 e. The van der Waals surface area contributed by atoms with Gasteiger partial charge in [-0.25, -0.2) is 4.79 Å². The predicted octanol–water partition coefficient (Wildman–Crippen LogP) is 0.710. The summed E-state index contributed by atoms with van der Waals surface area (Å²) in [5.74, 6) is -0.401. The van der Waals surface area contributed by atoms with Crippen molar-refractivity contribution in [2.75, 3.05) is 7.11 Å². The minimum atomic E-state index is -0.539. The van der Waals surface area contributed by atoms with Crippen LogP contribution in [0.4, 0.5) is 0 Å². The minimum absolute atomic E-state index is 0.0190. The molecule has 0 saturated carbocycles. The molecule has 0 aliphatic heterocycles. The van der Waals surface area contributed by atoms with E-state index in [-0.39, 0.29) is 5.41 Å². The molecular formula is C9H17NO3. The maximum atomic E-state index is 11.1. The summed E-state index contributed by atoms with van der Waals surface area (Å²) in [5, 5.41) is 2.43. The van der Waals surface area contributed by atoms with Gasteiger partial charge in [-0.2, -0.15) is 0 Å². The molecule has 0 unspecified atom stereocenters. The number of amides is 1. The monoisotopic (exact) mass is 187 g/mol. The molecule has 0 aromatic heterocycles. The normalized spacial score (nSPS) is 13.2. The topological polar surface area (TPSA) is 55.4 Å². The van der Waals surface area contributed by atoms with Crippen molar-refractivity contribution in [3.63, 3.8) is 0 Å². The van der Waals surface area contributed by atoms with E-state index in [1.165, 1.54) is 7.11 Å². The molecule has 0 rings (SSSR count). The zero-order valence-corrected chi connectivity index (χ0v) is 8.59. The van der Waals surface area contributed by atoms with Gasteiger partial charge in [-0.3, -0.25) is 4.79 Å². The number of carbonyl (C=O) groups is 2. The maximum Gasteiger partial charge on any atom is 0.328 e. The third-order valence-electron chi connectivity index (χ3n) is 1.57. The SMILES string of the molecule is COC(=O)[C@@H](CC(C)(C)C)NC=O. The average molecular weight is 187 g/mol. The predicted molar refractivity (Wildman–Crippen MR) is 49.1 cm³/mol. The summed E-state index contributed by atoms with van der Waals surface area (Å²) in [6.45, 7) is 5.99. The van der Waals surface area contributed by atoms with Gasteiger partial charge < -0.3 is 10.1 Å². The second kappa shape index (κ2) is 4.84. The highest BCUT2D eigenvalue weighted by atomic mass is 16.5. The lowest BCUT2D eigenvalue weighted by molar-refractivity contribution is -0.144. The van der Waals surface area contributed by atoms with E-state index in [1.54, 1.807) is 0 Å². The van der Waals surface area contributed by atoms with Gasteiger partial charge in [-0.1, -0.05) is 20.8 Å². The van der Waals surface area contributed by atoms with Gasteiger partial charge >= 0.3 is 5.97 Å². The zero-order valence-electron chi connectivity index (χ0n) is 8.59. The smallest absolute Gasteiger partial charge is 0.328 e. The summed E-state index contributed by atoms with van der Waals surface area (Å²) in [5.41, 5.74) is -0.0190. The van der Waals surface area contributed by atoms with Crippen molar-refractivity contribution < 1.29 is 14.3 Å². The van der Waals surface area contributed by atoms with Crippen LogP contribution < -0.4 is 5.32 Å². The van der Waals surface area contributed by atoms with E-state index in [0.717, 1.165) is 0 Å². The van der Waals surface area contributed by atoms with Crippen LogP contribution in [0.15, 0.2) is 0 Å². The molecule has 0 aromatic rings. The van der Waals surface area contributed by atoms with Crippen LogP contribution >= 0.6 is 0 Å². The third-order valence-corrected chi connectivity index (χ3v) is 1.57. The van der Waals surface area contributed by atoms with Crippen molar-refractivity contribution in [2.45, 2.75) is 33.2 Å². The van der Waals surface area contributed by atoms with Crippen molar-refractivity contribution in [2.24, 2.45) is 5.41 Å². The first-order chi connectivity index (χ1) is 5.90. The quantitative estimate of drug-likeness (QED) is 0.521. The Morgan fingerprint density at radius 2 is 2.08 bits per heavy atom. The molecule has 0 aliphatic rings. The van der Waals surface area contributed by atoms with Crippen molar-refractivity contribution in [3.8, 4) is 0 Å². The molecule has 1 amide bonds. The van der Waals surface area contributed by atoms with Crippen LogP contribution in [0.5, 0.6) is 0 Å². The van der Waals surface area contributed by atoms with E-state index in [2.05, 4.69) is 10.1 Å². The molecule has 0 aromatic carbocycles. The lowest BCUT2D eigenvalue weighted by Gasteiger charge is -2.23. The molecule has 4 heteroatoms. The van der Waals surface area contributed by atoms with Gasteiger partial charge in [0.2, 0.25) is 6.41 Å². The zero-order chi connectivity index (χ0) is 10.5. The number of methoxy groups -OCH3 is 1. The Kier molecular flexibility index (Phi) is 4.45. The third kappa shape index (κ3) is 5.22. The highest BCUT2D eigenvalue weighted by molar-refractivity contribution is 5.78. The Morgan fingerprint density at radius 1 is 1.54 bits per heavy atom. The molecule has 13 heavy (non-hydrogen) atoms. The first kappa shape index (κ1) is 11.9. The standard InChI is InChI=1S/C9H17NO3/c1-9(2,3)5-7(10-6-11)8(12)13-4/h6-7H,5H2,1-4H3,(H,10,11)/t7-/m1/s1. The number of esters is 1. The molecule has 76 valence electrons. The highest BCUT2D eigenvalue weighted by Crippen LogP contribution is 2.20. The van der Waals surface area contributed by atoms with E-state index >= 15 is 0 Å². The molecule has 1 N–H and O–H groups in total. The Hall–Kier alpha value is -1.06. The molecule has 0 bridgehead atoms. The summed E-state index contributed by atoms with van der Waals surface area (Å²) in [7, 11) is 1.31. The Labute approximate surface area is 78.6 Å². The fraction of sp³-hybridized carbons (Fsp3) is 0.778. The van der Waals surface area contributed by atoms with Crippen LogP contribution in [0.3, 0.4) is 0 Å². The Balaban J connectivity index is 4.25. The lowest BCUT2D eigenvalue weighted by Crippen LogP contribution is -2.39. The second-order valence-electron chi connectivity index (χ2n) is 4.13. The number of carbonyl (C=O) groups excluding carboxylic acids is 2. The van der Waals surface area contributed by atoms with Crippen LogP contribution in [-0.4, -0.2) is 25.5 Å². The van der Waals surface area contributed by atoms with E-state index in [4.69, 9.17) is 0 Å². The van der Waals surface area contributed by atoms with Crippen molar-refractivity contribution >= 4 is 12.4 Å². The first-order valence-electron chi connectivity index (χ1n) is 4.18. The van der Waals surface area contributed by atoms with Gasteiger partial charge in [0.25, 0.3) is 0 Å². The van der Waals surface area contributed by atoms with E-state index < -0.39 is 12.0 Å². The molecule has 0 saturated heterocycles.